The van der Waals surface area contributed by atoms with Crippen molar-refractivity contribution < 1.29 is 19.1 Å². The minimum absolute atomic E-state index is 0.201. The number of ether oxygens (including phenoxy) is 2. The van der Waals surface area contributed by atoms with Gasteiger partial charge in [0.25, 0.3) is 0 Å². The van der Waals surface area contributed by atoms with Crippen molar-refractivity contribution in [2.75, 3.05) is 6.79 Å². The SMILES string of the molecule is Cc1ccccc1CNC(=O)C(=O)NCc1ccc2c(c1)OCO2. The number of hydrogen-bond donors (Lipinski definition) is 2. The molecule has 2 aromatic rings. The zero-order valence-electron chi connectivity index (χ0n) is 13.3. The molecule has 0 aromatic heterocycles. The number of hydrogen-bond acceptors (Lipinski definition) is 4. The van der Waals surface area contributed by atoms with Crippen LogP contribution in [0.2, 0.25) is 0 Å². The highest BCUT2D eigenvalue weighted by Crippen LogP contribution is 2.32. The van der Waals surface area contributed by atoms with Crippen LogP contribution in [0.15, 0.2) is 42.5 Å². The number of benzene rings is 2. The standard InChI is InChI=1S/C18H18N2O4/c1-12-4-2-3-5-14(12)10-20-18(22)17(21)19-9-13-6-7-15-16(8-13)24-11-23-15/h2-8H,9-11H2,1H3,(H,19,21)(H,20,22). The van der Waals surface area contributed by atoms with E-state index in [4.69, 9.17) is 9.47 Å². The molecule has 0 bridgehead atoms. The third-order valence-corrected chi connectivity index (χ3v) is 3.80. The molecule has 0 saturated heterocycles. The van der Waals surface area contributed by atoms with Crippen molar-refractivity contribution in [1.82, 2.24) is 10.6 Å². The molecule has 1 aliphatic heterocycles. The van der Waals surface area contributed by atoms with Gasteiger partial charge >= 0.3 is 11.8 Å². The molecule has 0 radical (unpaired) electrons. The van der Waals surface area contributed by atoms with E-state index in [1.54, 1.807) is 12.1 Å². The van der Waals surface area contributed by atoms with Gasteiger partial charge in [0.05, 0.1) is 0 Å². The molecule has 0 saturated carbocycles. The van der Waals surface area contributed by atoms with E-state index in [2.05, 4.69) is 10.6 Å². The highest BCUT2D eigenvalue weighted by molar-refractivity contribution is 6.35. The van der Waals surface area contributed by atoms with Crippen molar-refractivity contribution in [3.05, 3.63) is 59.2 Å². The van der Waals surface area contributed by atoms with Crippen LogP contribution in [0.5, 0.6) is 11.5 Å². The molecule has 0 unspecified atom stereocenters. The summed E-state index contributed by atoms with van der Waals surface area (Å²) in [5.74, 6) is 0.00653. The molecule has 6 heteroatoms. The van der Waals surface area contributed by atoms with Crippen LogP contribution in [0, 0.1) is 6.92 Å². The van der Waals surface area contributed by atoms with Crippen LogP contribution >= 0.6 is 0 Å². The van der Waals surface area contributed by atoms with Gasteiger partial charge in [-0.05, 0) is 35.7 Å². The Hall–Kier alpha value is -3.02. The Kier molecular flexibility index (Phi) is 4.65. The number of carbonyl (C=O) groups excluding carboxylic acids is 2. The first-order chi connectivity index (χ1) is 11.6. The average molecular weight is 326 g/mol. The van der Waals surface area contributed by atoms with Crippen LogP contribution in [-0.2, 0) is 22.7 Å². The van der Waals surface area contributed by atoms with Crippen LogP contribution in [0.4, 0.5) is 0 Å². The Morgan fingerprint density at radius 3 is 2.46 bits per heavy atom. The molecule has 2 amide bonds. The molecule has 1 aliphatic rings. The first-order valence-electron chi connectivity index (χ1n) is 7.62. The Balaban J connectivity index is 1.49. The molecule has 3 rings (SSSR count). The van der Waals surface area contributed by atoms with Crippen molar-refractivity contribution in [2.24, 2.45) is 0 Å². The summed E-state index contributed by atoms with van der Waals surface area (Å²) in [6.07, 6.45) is 0. The zero-order chi connectivity index (χ0) is 16.9. The van der Waals surface area contributed by atoms with E-state index in [-0.39, 0.29) is 13.3 Å². The van der Waals surface area contributed by atoms with E-state index in [1.165, 1.54) is 0 Å². The number of carbonyl (C=O) groups is 2. The number of rotatable bonds is 4. The average Bonchev–Trinajstić information content (AvgIpc) is 3.06. The predicted octanol–water partition coefficient (Wildman–Crippen LogP) is 1.66. The van der Waals surface area contributed by atoms with E-state index in [9.17, 15) is 9.59 Å². The minimum atomic E-state index is -0.666. The second-order valence-corrected chi connectivity index (χ2v) is 5.48. The highest BCUT2D eigenvalue weighted by atomic mass is 16.7. The topological polar surface area (TPSA) is 76.7 Å². The summed E-state index contributed by atoms with van der Waals surface area (Å²) in [5.41, 5.74) is 2.88. The minimum Gasteiger partial charge on any atom is -0.454 e. The maximum absolute atomic E-state index is 11.9. The molecule has 0 spiro atoms. The van der Waals surface area contributed by atoms with Crippen molar-refractivity contribution in [2.45, 2.75) is 20.0 Å². The predicted molar refractivity (Wildman–Crippen MR) is 87.4 cm³/mol. The largest absolute Gasteiger partial charge is 0.454 e. The summed E-state index contributed by atoms with van der Waals surface area (Å²) in [4.78, 5) is 23.7. The second kappa shape index (κ2) is 7.04. The van der Waals surface area contributed by atoms with Gasteiger partial charge < -0.3 is 20.1 Å². The fourth-order valence-electron chi connectivity index (χ4n) is 2.38. The Morgan fingerprint density at radius 1 is 0.958 bits per heavy atom. The van der Waals surface area contributed by atoms with Crippen molar-refractivity contribution in [1.29, 1.82) is 0 Å². The summed E-state index contributed by atoms with van der Waals surface area (Å²) in [6.45, 7) is 2.73. The van der Waals surface area contributed by atoms with Crippen LogP contribution in [0.3, 0.4) is 0 Å². The van der Waals surface area contributed by atoms with Crippen LogP contribution in [-0.4, -0.2) is 18.6 Å². The fourth-order valence-corrected chi connectivity index (χ4v) is 2.38. The van der Waals surface area contributed by atoms with Gasteiger partial charge in [0, 0.05) is 13.1 Å². The third kappa shape index (κ3) is 3.65. The van der Waals surface area contributed by atoms with Gasteiger partial charge in [-0.2, -0.15) is 0 Å². The lowest BCUT2D eigenvalue weighted by atomic mass is 10.1. The second-order valence-electron chi connectivity index (χ2n) is 5.48. The molecule has 2 aromatic carbocycles. The molecule has 6 nitrogen and oxygen atoms in total. The fraction of sp³-hybridized carbons (Fsp3) is 0.222. The van der Waals surface area contributed by atoms with Gasteiger partial charge in [0.15, 0.2) is 11.5 Å². The molecule has 124 valence electrons. The maximum atomic E-state index is 11.9. The van der Waals surface area contributed by atoms with Crippen molar-refractivity contribution in [3.8, 4) is 11.5 Å². The summed E-state index contributed by atoms with van der Waals surface area (Å²) in [7, 11) is 0. The summed E-state index contributed by atoms with van der Waals surface area (Å²) >= 11 is 0. The lowest BCUT2D eigenvalue weighted by Gasteiger charge is -2.09. The normalized spacial score (nSPS) is 11.9. The van der Waals surface area contributed by atoms with Crippen LogP contribution < -0.4 is 20.1 Å². The molecule has 2 N–H and O–H groups in total. The van der Waals surface area contributed by atoms with Gasteiger partial charge in [0.1, 0.15) is 0 Å². The summed E-state index contributed by atoms with van der Waals surface area (Å²) in [5, 5.41) is 5.22. The van der Waals surface area contributed by atoms with Gasteiger partial charge in [-0.3, -0.25) is 9.59 Å². The van der Waals surface area contributed by atoms with E-state index in [0.717, 1.165) is 16.7 Å². The quantitative estimate of drug-likeness (QED) is 0.838. The highest BCUT2D eigenvalue weighted by Gasteiger charge is 2.15. The number of aryl methyl sites for hydroxylation is 1. The molecule has 0 aliphatic carbocycles. The molecule has 1 heterocycles. The van der Waals surface area contributed by atoms with Crippen LogP contribution in [0.1, 0.15) is 16.7 Å². The van der Waals surface area contributed by atoms with E-state index >= 15 is 0 Å². The molecule has 24 heavy (non-hydrogen) atoms. The monoisotopic (exact) mass is 326 g/mol. The Morgan fingerprint density at radius 2 is 1.67 bits per heavy atom. The van der Waals surface area contributed by atoms with Gasteiger partial charge in [-0.25, -0.2) is 0 Å². The molecule has 0 fully saturated rings. The van der Waals surface area contributed by atoms with E-state index in [0.29, 0.717) is 18.0 Å². The first-order valence-corrected chi connectivity index (χ1v) is 7.62. The number of amides is 2. The Labute approximate surface area is 139 Å². The van der Waals surface area contributed by atoms with E-state index < -0.39 is 11.8 Å². The lowest BCUT2D eigenvalue weighted by molar-refractivity contribution is -0.139. The third-order valence-electron chi connectivity index (χ3n) is 3.80. The van der Waals surface area contributed by atoms with Gasteiger partial charge in [0.2, 0.25) is 6.79 Å². The number of nitrogens with one attached hydrogen (secondary N) is 2. The zero-order valence-corrected chi connectivity index (χ0v) is 13.3. The molecular weight excluding hydrogens is 308 g/mol. The summed E-state index contributed by atoms with van der Waals surface area (Å²) in [6, 6.07) is 13.1. The van der Waals surface area contributed by atoms with E-state index in [1.807, 2.05) is 37.3 Å². The van der Waals surface area contributed by atoms with Crippen molar-refractivity contribution >= 4 is 11.8 Å². The van der Waals surface area contributed by atoms with Crippen LogP contribution in [0.25, 0.3) is 0 Å². The maximum Gasteiger partial charge on any atom is 0.309 e. The Bertz CT molecular complexity index is 773. The number of fused-ring (bicyclic) bond motifs is 1. The first kappa shape index (κ1) is 15.9. The van der Waals surface area contributed by atoms with Gasteiger partial charge in [-0.15, -0.1) is 0 Å². The van der Waals surface area contributed by atoms with Gasteiger partial charge in [-0.1, -0.05) is 30.3 Å². The smallest absolute Gasteiger partial charge is 0.309 e. The molecular formula is C18H18N2O4. The lowest BCUT2D eigenvalue weighted by Crippen LogP contribution is -2.39. The summed E-state index contributed by atoms with van der Waals surface area (Å²) < 4.78 is 10.5. The molecule has 0 atom stereocenters. The van der Waals surface area contributed by atoms with Crippen molar-refractivity contribution in [3.63, 3.8) is 0 Å².